The largest absolute Gasteiger partial charge is 0.302 e. The van der Waals surface area contributed by atoms with Crippen LogP contribution in [-0.4, -0.2) is 17.9 Å². The zero-order valence-corrected chi connectivity index (χ0v) is 11.3. The van der Waals surface area contributed by atoms with Gasteiger partial charge in [-0.25, -0.2) is 0 Å². The van der Waals surface area contributed by atoms with Gasteiger partial charge < -0.3 is 9.59 Å². The lowest BCUT2D eigenvalue weighted by Gasteiger charge is -2.38. The highest BCUT2D eigenvalue weighted by atomic mass is 16.1. The second-order valence-electron chi connectivity index (χ2n) is 5.21. The third-order valence-corrected chi connectivity index (χ3v) is 3.76. The summed E-state index contributed by atoms with van der Waals surface area (Å²) in [4.78, 5) is 35.1. The molecular formula is C15H20O3. The maximum Gasteiger partial charge on any atom is 0.172 e. The number of hydrogen-bond acceptors (Lipinski definition) is 3. The van der Waals surface area contributed by atoms with Crippen LogP contribution in [0.1, 0.15) is 40.0 Å². The molecule has 0 heterocycles. The number of Topliss-reactive ketones (excluding diaryl/α,β-unsaturated/α-hetero) is 2. The highest BCUT2D eigenvalue weighted by molar-refractivity contribution is 6.09. The van der Waals surface area contributed by atoms with E-state index in [2.05, 4.69) is 6.58 Å². The summed E-state index contributed by atoms with van der Waals surface area (Å²) in [7, 11) is 0. The Hall–Kier alpha value is -1.51. The number of carbonyl (C=O) groups excluding carboxylic acids is 3. The van der Waals surface area contributed by atoms with Crippen molar-refractivity contribution in [3.8, 4) is 0 Å². The van der Waals surface area contributed by atoms with E-state index in [4.69, 9.17) is 0 Å². The molecule has 98 valence electrons. The van der Waals surface area contributed by atoms with Crippen molar-refractivity contribution in [3.63, 3.8) is 0 Å². The van der Waals surface area contributed by atoms with Crippen LogP contribution < -0.4 is 0 Å². The monoisotopic (exact) mass is 248 g/mol. The highest BCUT2D eigenvalue weighted by Crippen LogP contribution is 2.43. The maximum atomic E-state index is 12.4. The first-order valence-electron chi connectivity index (χ1n) is 6.18. The molecule has 0 aromatic heterocycles. The molecule has 0 bridgehead atoms. The SMILES string of the molecule is C=C(C)[C@@H]1CC=C(C)C(=O)C1(C=O)CCC(C)=O. The minimum absolute atomic E-state index is 0.00306. The first-order chi connectivity index (χ1) is 8.35. The normalized spacial score (nSPS) is 27.6. The van der Waals surface area contributed by atoms with Gasteiger partial charge in [-0.1, -0.05) is 18.2 Å². The zero-order valence-electron chi connectivity index (χ0n) is 11.3. The second-order valence-corrected chi connectivity index (χ2v) is 5.21. The fourth-order valence-electron chi connectivity index (χ4n) is 2.63. The lowest BCUT2D eigenvalue weighted by molar-refractivity contribution is -0.136. The predicted molar refractivity (Wildman–Crippen MR) is 70.1 cm³/mol. The number of aldehydes is 1. The number of ketones is 2. The third kappa shape index (κ3) is 2.50. The van der Waals surface area contributed by atoms with E-state index in [1.54, 1.807) is 6.92 Å². The molecule has 3 nitrogen and oxygen atoms in total. The Labute approximate surface area is 108 Å². The molecule has 0 aliphatic heterocycles. The number of carbonyl (C=O) groups is 3. The molecule has 1 rings (SSSR count). The first kappa shape index (κ1) is 14.6. The standard InChI is InChI=1S/C15H20O3/c1-10(2)13-6-5-11(3)14(18)15(13,9-16)8-7-12(4)17/h5,9,13H,1,6-8H2,2-4H3/t13-,15?/m0/s1. The van der Waals surface area contributed by atoms with E-state index in [1.165, 1.54) is 6.92 Å². The molecule has 1 aliphatic carbocycles. The van der Waals surface area contributed by atoms with Gasteiger partial charge in [-0.15, -0.1) is 0 Å². The summed E-state index contributed by atoms with van der Waals surface area (Å²) >= 11 is 0. The molecule has 1 aliphatic rings. The minimum atomic E-state index is -1.09. The average Bonchev–Trinajstić information content (AvgIpc) is 2.30. The van der Waals surface area contributed by atoms with Crippen molar-refractivity contribution in [3.05, 3.63) is 23.8 Å². The van der Waals surface area contributed by atoms with Crippen LogP contribution in [0.4, 0.5) is 0 Å². The molecule has 0 aromatic carbocycles. The van der Waals surface area contributed by atoms with Gasteiger partial charge in [0.2, 0.25) is 0 Å². The van der Waals surface area contributed by atoms with Crippen LogP contribution in [0.25, 0.3) is 0 Å². The quantitative estimate of drug-likeness (QED) is 0.427. The third-order valence-electron chi connectivity index (χ3n) is 3.76. The van der Waals surface area contributed by atoms with Crippen LogP contribution in [-0.2, 0) is 14.4 Å². The summed E-state index contributed by atoms with van der Waals surface area (Å²) < 4.78 is 0. The predicted octanol–water partition coefficient (Wildman–Crippen LogP) is 2.65. The molecule has 0 aromatic rings. The molecule has 0 radical (unpaired) electrons. The van der Waals surface area contributed by atoms with Gasteiger partial charge >= 0.3 is 0 Å². The molecular weight excluding hydrogens is 228 g/mol. The first-order valence-corrected chi connectivity index (χ1v) is 6.18. The summed E-state index contributed by atoms with van der Waals surface area (Å²) in [6.07, 6.45) is 3.77. The molecule has 2 atom stereocenters. The lowest BCUT2D eigenvalue weighted by Crippen LogP contribution is -2.44. The summed E-state index contributed by atoms with van der Waals surface area (Å²) in [6, 6.07) is 0. The Morgan fingerprint density at radius 2 is 2.17 bits per heavy atom. The number of rotatable bonds is 5. The van der Waals surface area contributed by atoms with Crippen molar-refractivity contribution in [1.29, 1.82) is 0 Å². The molecule has 0 spiro atoms. The summed E-state index contributed by atoms with van der Waals surface area (Å²) in [5.41, 5.74) is 0.349. The number of hydrogen-bond donors (Lipinski definition) is 0. The average molecular weight is 248 g/mol. The molecule has 0 saturated heterocycles. The van der Waals surface area contributed by atoms with Gasteiger partial charge in [0.05, 0.1) is 5.41 Å². The van der Waals surface area contributed by atoms with Crippen LogP contribution in [0.5, 0.6) is 0 Å². The van der Waals surface area contributed by atoms with Crippen LogP contribution >= 0.6 is 0 Å². The summed E-state index contributed by atoms with van der Waals surface area (Å²) in [5.74, 6) is -0.347. The van der Waals surface area contributed by atoms with Gasteiger partial charge in [0.15, 0.2) is 5.78 Å². The van der Waals surface area contributed by atoms with Gasteiger partial charge in [-0.2, -0.15) is 0 Å². The Bertz CT molecular complexity index is 431. The van der Waals surface area contributed by atoms with Gasteiger partial charge in [0, 0.05) is 12.3 Å². The van der Waals surface area contributed by atoms with E-state index >= 15 is 0 Å². The Morgan fingerprint density at radius 1 is 1.56 bits per heavy atom. The minimum Gasteiger partial charge on any atom is -0.302 e. The van der Waals surface area contributed by atoms with Crippen LogP contribution in [0.3, 0.4) is 0 Å². The topological polar surface area (TPSA) is 51.2 Å². The maximum absolute atomic E-state index is 12.4. The van der Waals surface area contributed by atoms with E-state index in [1.807, 2.05) is 13.0 Å². The van der Waals surface area contributed by atoms with Crippen molar-refractivity contribution < 1.29 is 14.4 Å². The smallest absolute Gasteiger partial charge is 0.172 e. The molecule has 3 heteroatoms. The summed E-state index contributed by atoms with van der Waals surface area (Å²) in [6.45, 7) is 8.92. The fraction of sp³-hybridized carbons (Fsp3) is 0.533. The second kappa shape index (κ2) is 5.42. The summed E-state index contributed by atoms with van der Waals surface area (Å²) in [5, 5.41) is 0. The van der Waals surface area contributed by atoms with Gasteiger partial charge in [0.25, 0.3) is 0 Å². The van der Waals surface area contributed by atoms with Crippen molar-refractivity contribution in [2.75, 3.05) is 0 Å². The van der Waals surface area contributed by atoms with Gasteiger partial charge in [0.1, 0.15) is 12.1 Å². The highest BCUT2D eigenvalue weighted by Gasteiger charge is 2.47. The molecule has 0 fully saturated rings. The van der Waals surface area contributed by atoms with E-state index < -0.39 is 5.41 Å². The Balaban J connectivity index is 3.19. The lowest BCUT2D eigenvalue weighted by atomic mass is 9.62. The van der Waals surface area contributed by atoms with Crippen molar-refractivity contribution in [1.82, 2.24) is 0 Å². The Kier molecular flexibility index (Phi) is 4.38. The Morgan fingerprint density at radius 3 is 2.61 bits per heavy atom. The van der Waals surface area contributed by atoms with E-state index in [0.717, 1.165) is 11.9 Å². The fourth-order valence-corrected chi connectivity index (χ4v) is 2.63. The van der Waals surface area contributed by atoms with Crippen LogP contribution in [0.2, 0.25) is 0 Å². The van der Waals surface area contributed by atoms with E-state index in [-0.39, 0.29) is 30.3 Å². The van der Waals surface area contributed by atoms with Crippen LogP contribution in [0, 0.1) is 11.3 Å². The van der Waals surface area contributed by atoms with E-state index in [9.17, 15) is 14.4 Å². The van der Waals surface area contributed by atoms with Crippen LogP contribution in [0.15, 0.2) is 23.8 Å². The van der Waals surface area contributed by atoms with Gasteiger partial charge in [-0.3, -0.25) is 4.79 Å². The molecule has 0 amide bonds. The number of allylic oxidation sites excluding steroid dienone is 3. The molecule has 18 heavy (non-hydrogen) atoms. The van der Waals surface area contributed by atoms with E-state index in [0.29, 0.717) is 12.0 Å². The molecule has 1 unspecified atom stereocenters. The van der Waals surface area contributed by atoms with Crippen molar-refractivity contribution >= 4 is 17.9 Å². The van der Waals surface area contributed by atoms with Crippen molar-refractivity contribution in [2.45, 2.75) is 40.0 Å². The van der Waals surface area contributed by atoms with Crippen molar-refractivity contribution in [2.24, 2.45) is 11.3 Å². The van der Waals surface area contributed by atoms with Gasteiger partial charge in [-0.05, 0) is 39.2 Å². The zero-order chi connectivity index (χ0) is 13.9. The molecule has 0 saturated carbocycles. The molecule has 0 N–H and O–H groups in total.